The number of carbonyl (C=O) groups is 2. The smallest absolute Gasteiger partial charge is 0.244 e. The number of hydrogen-bond acceptors (Lipinski definition) is 4. The van der Waals surface area contributed by atoms with E-state index in [1.165, 1.54) is 4.90 Å². The van der Waals surface area contributed by atoms with Crippen LogP contribution in [0.4, 0.5) is 5.69 Å². The van der Waals surface area contributed by atoms with Gasteiger partial charge in [-0.3, -0.25) is 13.9 Å². The number of aryl methyl sites for hydroxylation is 2. The first kappa shape index (κ1) is 28.8. The van der Waals surface area contributed by atoms with Gasteiger partial charge < -0.3 is 10.2 Å². The molecule has 0 aliphatic rings. The van der Waals surface area contributed by atoms with Gasteiger partial charge in [-0.1, -0.05) is 54.0 Å². The molecular formula is C26H36BrN3O4S. The summed E-state index contributed by atoms with van der Waals surface area (Å²) in [6, 6.07) is 12.0. The van der Waals surface area contributed by atoms with Crippen molar-refractivity contribution in [1.82, 2.24) is 10.2 Å². The van der Waals surface area contributed by atoms with Crippen molar-refractivity contribution in [3.8, 4) is 0 Å². The number of hydrogen-bond donors (Lipinski definition) is 1. The van der Waals surface area contributed by atoms with Gasteiger partial charge in [-0.05, 0) is 68.5 Å². The Kier molecular flexibility index (Phi) is 10.3. The van der Waals surface area contributed by atoms with Crippen molar-refractivity contribution in [3.63, 3.8) is 0 Å². The van der Waals surface area contributed by atoms with Gasteiger partial charge in [-0.25, -0.2) is 8.42 Å². The van der Waals surface area contributed by atoms with Crippen LogP contribution >= 0.6 is 15.9 Å². The van der Waals surface area contributed by atoms with Gasteiger partial charge in [0.25, 0.3) is 0 Å². The number of nitrogens with one attached hydrogen (secondary N) is 1. The fourth-order valence-corrected chi connectivity index (χ4v) is 4.82. The Morgan fingerprint density at radius 1 is 1.03 bits per heavy atom. The predicted molar refractivity (Wildman–Crippen MR) is 145 cm³/mol. The summed E-state index contributed by atoms with van der Waals surface area (Å²) in [5, 5.41) is 2.98. The molecule has 2 aromatic rings. The van der Waals surface area contributed by atoms with Gasteiger partial charge in [0.2, 0.25) is 21.8 Å². The van der Waals surface area contributed by atoms with Gasteiger partial charge in [-0.2, -0.15) is 0 Å². The van der Waals surface area contributed by atoms with Crippen molar-refractivity contribution in [2.75, 3.05) is 17.1 Å². The second kappa shape index (κ2) is 12.5. The van der Waals surface area contributed by atoms with E-state index in [1.54, 1.807) is 18.2 Å². The molecule has 1 N–H and O–H groups in total. The Hall–Kier alpha value is -2.39. The van der Waals surface area contributed by atoms with E-state index in [9.17, 15) is 18.0 Å². The van der Waals surface area contributed by atoms with Crippen LogP contribution in [0.15, 0.2) is 46.9 Å². The Bertz CT molecular complexity index is 1150. The van der Waals surface area contributed by atoms with Crippen LogP contribution < -0.4 is 9.62 Å². The molecule has 0 spiro atoms. The number of carbonyl (C=O) groups excluding carboxylic acids is 2. The average molecular weight is 567 g/mol. The van der Waals surface area contributed by atoms with Crippen LogP contribution in [0, 0.1) is 13.8 Å². The summed E-state index contributed by atoms with van der Waals surface area (Å²) in [6.07, 6.45) is 2.24. The van der Waals surface area contributed by atoms with Gasteiger partial charge in [0.05, 0.1) is 11.9 Å². The fourth-order valence-electron chi connectivity index (χ4n) is 3.73. The molecule has 0 saturated carbocycles. The monoisotopic (exact) mass is 565 g/mol. The molecule has 2 aromatic carbocycles. The van der Waals surface area contributed by atoms with Crippen molar-refractivity contribution in [1.29, 1.82) is 0 Å². The highest BCUT2D eigenvalue weighted by atomic mass is 79.9. The summed E-state index contributed by atoms with van der Waals surface area (Å²) in [4.78, 5) is 28.4. The van der Waals surface area contributed by atoms with E-state index in [1.807, 2.05) is 58.9 Å². The zero-order valence-corrected chi connectivity index (χ0v) is 23.7. The summed E-state index contributed by atoms with van der Waals surface area (Å²) in [5.41, 5.74) is 3.14. The number of benzene rings is 2. The van der Waals surface area contributed by atoms with E-state index in [2.05, 4.69) is 21.2 Å². The molecule has 7 nitrogen and oxygen atoms in total. The first-order valence-electron chi connectivity index (χ1n) is 11.8. The molecule has 0 aliphatic heterocycles. The fraction of sp³-hybridized carbons (Fsp3) is 0.462. The molecule has 0 saturated heterocycles. The number of rotatable bonds is 11. The Morgan fingerprint density at radius 2 is 1.69 bits per heavy atom. The third-order valence-corrected chi connectivity index (χ3v) is 8.13. The zero-order chi connectivity index (χ0) is 26.3. The molecule has 0 radical (unpaired) electrons. The molecule has 0 bridgehead atoms. The van der Waals surface area contributed by atoms with Crippen LogP contribution in [0.3, 0.4) is 0 Å². The minimum absolute atomic E-state index is 0.0368. The highest BCUT2D eigenvalue weighted by Crippen LogP contribution is 2.25. The largest absolute Gasteiger partial charge is 0.352 e. The summed E-state index contributed by atoms with van der Waals surface area (Å²) in [5.74, 6) is -0.681. The summed E-state index contributed by atoms with van der Waals surface area (Å²) in [6.45, 7) is 9.35. The molecule has 2 unspecified atom stereocenters. The molecule has 2 amide bonds. The molecular weight excluding hydrogens is 530 g/mol. The van der Waals surface area contributed by atoms with E-state index in [4.69, 9.17) is 0 Å². The SMILES string of the molecule is CCC(C)NC(=O)C(CC)N(Cc1ccccc1C)C(=O)CN(c1ccc(Br)c(C)c1)S(C)(=O)=O. The zero-order valence-electron chi connectivity index (χ0n) is 21.3. The number of sulfonamides is 1. The van der Waals surface area contributed by atoms with E-state index in [0.717, 1.165) is 38.1 Å². The minimum atomic E-state index is -3.76. The Labute approximate surface area is 218 Å². The quantitative estimate of drug-likeness (QED) is 0.433. The molecule has 9 heteroatoms. The maximum absolute atomic E-state index is 13.7. The Balaban J connectivity index is 2.47. The number of anilines is 1. The van der Waals surface area contributed by atoms with Crippen molar-refractivity contribution >= 4 is 43.5 Å². The van der Waals surface area contributed by atoms with E-state index in [0.29, 0.717) is 12.1 Å². The lowest BCUT2D eigenvalue weighted by Crippen LogP contribution is -2.53. The summed E-state index contributed by atoms with van der Waals surface area (Å²) in [7, 11) is -3.76. The molecule has 0 fully saturated rings. The molecule has 0 aliphatic carbocycles. The standard InChI is InChI=1S/C26H36BrN3O4S/c1-7-20(5)28-26(32)24(8-2)29(16-21-12-10-9-11-18(21)3)25(31)17-30(35(6,33)34)22-13-14-23(27)19(4)15-22/h9-15,20,24H,7-8,16-17H2,1-6H3,(H,28,32). The Morgan fingerprint density at radius 3 is 2.23 bits per heavy atom. The lowest BCUT2D eigenvalue weighted by Gasteiger charge is -2.33. The second-order valence-corrected chi connectivity index (χ2v) is 11.7. The maximum Gasteiger partial charge on any atom is 0.244 e. The second-order valence-electron chi connectivity index (χ2n) is 8.89. The van der Waals surface area contributed by atoms with Crippen molar-refractivity contribution in [2.45, 2.75) is 66.1 Å². The first-order valence-corrected chi connectivity index (χ1v) is 14.4. The minimum Gasteiger partial charge on any atom is -0.352 e. The third kappa shape index (κ3) is 7.80. The number of halogens is 1. The molecule has 2 atom stereocenters. The predicted octanol–water partition coefficient (Wildman–Crippen LogP) is 4.55. The molecule has 2 rings (SSSR count). The molecule has 0 aromatic heterocycles. The van der Waals surface area contributed by atoms with E-state index >= 15 is 0 Å². The van der Waals surface area contributed by atoms with Gasteiger partial charge in [0, 0.05) is 17.1 Å². The average Bonchev–Trinajstić information content (AvgIpc) is 2.79. The lowest BCUT2D eigenvalue weighted by molar-refractivity contribution is -0.140. The van der Waals surface area contributed by atoms with Crippen LogP contribution in [0.25, 0.3) is 0 Å². The van der Waals surface area contributed by atoms with E-state index < -0.39 is 28.5 Å². The topological polar surface area (TPSA) is 86.8 Å². The van der Waals surface area contributed by atoms with Gasteiger partial charge in [-0.15, -0.1) is 0 Å². The van der Waals surface area contributed by atoms with Crippen molar-refractivity contribution in [3.05, 3.63) is 63.6 Å². The van der Waals surface area contributed by atoms with Crippen LogP contribution in [0.1, 0.15) is 50.3 Å². The summed E-state index contributed by atoms with van der Waals surface area (Å²) >= 11 is 3.43. The molecule has 0 heterocycles. The van der Waals surface area contributed by atoms with E-state index in [-0.39, 0.29) is 18.5 Å². The maximum atomic E-state index is 13.7. The lowest BCUT2D eigenvalue weighted by atomic mass is 10.1. The van der Waals surface area contributed by atoms with Crippen LogP contribution in [0.2, 0.25) is 0 Å². The number of nitrogens with zero attached hydrogens (tertiary/aromatic N) is 2. The summed E-state index contributed by atoms with van der Waals surface area (Å²) < 4.78 is 27.4. The van der Waals surface area contributed by atoms with Gasteiger partial charge in [0.15, 0.2) is 0 Å². The molecule has 192 valence electrons. The van der Waals surface area contributed by atoms with Crippen molar-refractivity contribution in [2.24, 2.45) is 0 Å². The van der Waals surface area contributed by atoms with Gasteiger partial charge in [0.1, 0.15) is 12.6 Å². The third-order valence-electron chi connectivity index (χ3n) is 6.10. The van der Waals surface area contributed by atoms with Crippen LogP contribution in [-0.4, -0.2) is 50.0 Å². The normalized spacial score (nSPS) is 13.1. The highest BCUT2D eigenvalue weighted by molar-refractivity contribution is 9.10. The highest BCUT2D eigenvalue weighted by Gasteiger charge is 2.32. The van der Waals surface area contributed by atoms with Crippen LogP contribution in [-0.2, 0) is 26.2 Å². The number of amides is 2. The molecule has 35 heavy (non-hydrogen) atoms. The first-order chi connectivity index (χ1) is 16.4. The van der Waals surface area contributed by atoms with Gasteiger partial charge >= 0.3 is 0 Å². The van der Waals surface area contributed by atoms with Crippen molar-refractivity contribution < 1.29 is 18.0 Å². The van der Waals surface area contributed by atoms with Crippen LogP contribution in [0.5, 0.6) is 0 Å².